The van der Waals surface area contributed by atoms with Crippen molar-refractivity contribution in [2.75, 3.05) is 32.8 Å². The van der Waals surface area contributed by atoms with Crippen LogP contribution in [0.5, 0.6) is 0 Å². The number of benzene rings is 1. The molecule has 3 saturated heterocycles. The lowest BCUT2D eigenvalue weighted by molar-refractivity contribution is -0.144. The number of carbonyl (C=O) groups excluding carboxylic acids is 2. The first-order valence-corrected chi connectivity index (χ1v) is 11.3. The van der Waals surface area contributed by atoms with Crippen LogP contribution < -0.4 is 0 Å². The summed E-state index contributed by atoms with van der Waals surface area (Å²) < 4.78 is 5.77. The Kier molecular flexibility index (Phi) is 4.89. The van der Waals surface area contributed by atoms with Crippen LogP contribution in [0.4, 0.5) is 0 Å². The summed E-state index contributed by atoms with van der Waals surface area (Å²) in [6.07, 6.45) is 7.99. The van der Waals surface area contributed by atoms with Gasteiger partial charge < -0.3 is 14.5 Å². The fourth-order valence-corrected chi connectivity index (χ4v) is 5.71. The molecule has 3 aliphatic heterocycles. The quantitative estimate of drug-likeness (QED) is 0.786. The maximum absolute atomic E-state index is 13.3. The van der Waals surface area contributed by atoms with Gasteiger partial charge in [-0.3, -0.25) is 9.59 Å². The van der Waals surface area contributed by atoms with Crippen LogP contribution in [-0.2, 0) is 19.7 Å². The maximum Gasteiger partial charge on any atom is 0.233 e. The van der Waals surface area contributed by atoms with Crippen molar-refractivity contribution in [3.63, 3.8) is 0 Å². The molecule has 1 atom stereocenters. The first kappa shape index (κ1) is 19.1. The van der Waals surface area contributed by atoms with Gasteiger partial charge in [-0.05, 0) is 55.9 Å². The van der Waals surface area contributed by atoms with E-state index in [1.54, 1.807) is 0 Å². The largest absolute Gasteiger partial charge is 0.376 e. The molecule has 3 heterocycles. The number of hydrogen-bond donors (Lipinski definition) is 0. The lowest BCUT2D eigenvalue weighted by Gasteiger charge is -2.48. The highest BCUT2D eigenvalue weighted by atomic mass is 16.5. The zero-order valence-electron chi connectivity index (χ0n) is 17.3. The van der Waals surface area contributed by atoms with Gasteiger partial charge >= 0.3 is 0 Å². The molecule has 1 aromatic carbocycles. The third-order valence-electron chi connectivity index (χ3n) is 7.79. The zero-order chi connectivity index (χ0) is 19.9. The Balaban J connectivity index is 1.22. The van der Waals surface area contributed by atoms with Crippen LogP contribution in [-0.4, -0.2) is 60.5 Å². The third kappa shape index (κ3) is 3.58. The van der Waals surface area contributed by atoms with Crippen LogP contribution in [0.25, 0.3) is 0 Å². The molecule has 5 nitrogen and oxygen atoms in total. The lowest BCUT2D eigenvalue weighted by atomic mass is 9.72. The molecule has 1 aliphatic carbocycles. The molecule has 0 unspecified atom stereocenters. The van der Waals surface area contributed by atoms with Crippen molar-refractivity contribution in [3.8, 4) is 0 Å². The Hall–Kier alpha value is -1.88. The van der Waals surface area contributed by atoms with E-state index in [0.717, 1.165) is 77.7 Å². The minimum absolute atomic E-state index is 0.187. The van der Waals surface area contributed by atoms with E-state index in [0.29, 0.717) is 12.3 Å². The van der Waals surface area contributed by atoms with E-state index in [-0.39, 0.29) is 22.8 Å². The van der Waals surface area contributed by atoms with Gasteiger partial charge in [0.1, 0.15) is 0 Å². The number of hydrogen-bond acceptors (Lipinski definition) is 3. The van der Waals surface area contributed by atoms with Gasteiger partial charge in [-0.15, -0.1) is 0 Å². The number of carbonyl (C=O) groups is 2. The fourth-order valence-electron chi connectivity index (χ4n) is 5.71. The minimum Gasteiger partial charge on any atom is -0.376 e. The Morgan fingerprint density at radius 3 is 2.48 bits per heavy atom. The van der Waals surface area contributed by atoms with Crippen molar-refractivity contribution in [3.05, 3.63) is 35.9 Å². The summed E-state index contributed by atoms with van der Waals surface area (Å²) in [4.78, 5) is 30.0. The molecule has 5 heteroatoms. The second-order valence-corrected chi connectivity index (χ2v) is 9.65. The van der Waals surface area contributed by atoms with Gasteiger partial charge in [0.05, 0.1) is 11.5 Å². The molecule has 0 radical (unpaired) electrons. The van der Waals surface area contributed by atoms with Gasteiger partial charge in [0.2, 0.25) is 11.8 Å². The van der Waals surface area contributed by atoms with E-state index in [1.807, 2.05) is 18.2 Å². The summed E-state index contributed by atoms with van der Waals surface area (Å²) in [6.45, 7) is 4.08. The van der Waals surface area contributed by atoms with E-state index in [2.05, 4.69) is 21.9 Å². The molecule has 4 fully saturated rings. The second-order valence-electron chi connectivity index (χ2n) is 9.65. The molecule has 4 aliphatic rings. The van der Waals surface area contributed by atoms with Crippen molar-refractivity contribution in [2.24, 2.45) is 5.41 Å². The topological polar surface area (TPSA) is 49.9 Å². The predicted octanol–water partition coefficient (Wildman–Crippen LogP) is 3.13. The van der Waals surface area contributed by atoms with Crippen LogP contribution >= 0.6 is 0 Å². The molecule has 1 saturated carbocycles. The standard InChI is InChI=1S/C24H32N2O3/c27-21-8-9-23(18-26(21)17-20-7-4-16-29-20)12-14-25(15-13-23)22(28)24(10-11-24)19-5-2-1-3-6-19/h1-3,5-6,20H,4,7-18H2/t20-/m1/s1. The first-order chi connectivity index (χ1) is 14.1. The monoisotopic (exact) mass is 396 g/mol. The van der Waals surface area contributed by atoms with Crippen LogP contribution in [0, 0.1) is 5.41 Å². The van der Waals surface area contributed by atoms with Crippen molar-refractivity contribution in [1.29, 1.82) is 0 Å². The number of ether oxygens (including phenoxy) is 1. The van der Waals surface area contributed by atoms with Crippen LogP contribution in [0.15, 0.2) is 30.3 Å². The van der Waals surface area contributed by atoms with E-state index in [9.17, 15) is 9.59 Å². The predicted molar refractivity (Wildman–Crippen MR) is 110 cm³/mol. The number of nitrogens with zero attached hydrogens (tertiary/aromatic N) is 2. The highest BCUT2D eigenvalue weighted by Gasteiger charge is 2.54. The molecule has 156 valence electrons. The van der Waals surface area contributed by atoms with Gasteiger partial charge in [0.25, 0.3) is 0 Å². The molecule has 5 rings (SSSR count). The average Bonchev–Trinajstić information content (AvgIpc) is 3.42. The zero-order valence-corrected chi connectivity index (χ0v) is 17.3. The van der Waals surface area contributed by atoms with Gasteiger partial charge in [-0.2, -0.15) is 0 Å². The Morgan fingerprint density at radius 1 is 1.07 bits per heavy atom. The molecule has 0 aromatic heterocycles. The van der Waals surface area contributed by atoms with E-state index < -0.39 is 0 Å². The number of rotatable bonds is 4. The number of amides is 2. The Labute approximate surface area is 173 Å². The molecule has 2 amide bonds. The molecule has 1 spiro atoms. The fraction of sp³-hybridized carbons (Fsp3) is 0.667. The first-order valence-electron chi connectivity index (χ1n) is 11.3. The maximum atomic E-state index is 13.3. The van der Waals surface area contributed by atoms with Crippen LogP contribution in [0.3, 0.4) is 0 Å². The number of piperidine rings is 2. The lowest BCUT2D eigenvalue weighted by Crippen LogP contribution is -2.54. The van der Waals surface area contributed by atoms with Gasteiger partial charge in [-0.25, -0.2) is 0 Å². The second kappa shape index (κ2) is 7.42. The Morgan fingerprint density at radius 2 is 1.83 bits per heavy atom. The van der Waals surface area contributed by atoms with Crippen molar-refractivity contribution in [2.45, 2.75) is 62.9 Å². The summed E-state index contributed by atoms with van der Waals surface area (Å²) >= 11 is 0. The number of likely N-dealkylation sites (tertiary alicyclic amines) is 2. The van der Waals surface area contributed by atoms with E-state index in [4.69, 9.17) is 4.74 Å². The van der Waals surface area contributed by atoms with Crippen LogP contribution in [0.1, 0.15) is 56.9 Å². The summed E-state index contributed by atoms with van der Waals surface area (Å²) in [7, 11) is 0. The normalized spacial score (nSPS) is 28.0. The molecular weight excluding hydrogens is 364 g/mol. The van der Waals surface area contributed by atoms with E-state index >= 15 is 0 Å². The SMILES string of the molecule is O=C1CCC2(CCN(C(=O)C3(c4ccccc4)CC3)CC2)CN1C[C@H]1CCCO1. The molecular formula is C24H32N2O3. The van der Waals surface area contributed by atoms with Gasteiger partial charge in [-0.1, -0.05) is 30.3 Å². The van der Waals surface area contributed by atoms with Crippen molar-refractivity contribution >= 4 is 11.8 Å². The highest BCUT2D eigenvalue weighted by molar-refractivity contribution is 5.91. The van der Waals surface area contributed by atoms with Crippen LogP contribution in [0.2, 0.25) is 0 Å². The highest BCUT2D eigenvalue weighted by Crippen LogP contribution is 2.50. The summed E-state index contributed by atoms with van der Waals surface area (Å²) in [6, 6.07) is 10.3. The average molecular weight is 397 g/mol. The molecule has 29 heavy (non-hydrogen) atoms. The molecule has 0 N–H and O–H groups in total. The summed E-state index contributed by atoms with van der Waals surface area (Å²) in [5.41, 5.74) is 1.10. The Bertz CT molecular complexity index is 760. The smallest absolute Gasteiger partial charge is 0.233 e. The molecule has 0 bridgehead atoms. The molecule has 1 aromatic rings. The minimum atomic E-state index is -0.264. The van der Waals surface area contributed by atoms with Crippen molar-refractivity contribution < 1.29 is 14.3 Å². The van der Waals surface area contributed by atoms with Gasteiger partial charge in [0, 0.05) is 39.2 Å². The van der Waals surface area contributed by atoms with Gasteiger partial charge in [0.15, 0.2) is 0 Å². The van der Waals surface area contributed by atoms with Crippen molar-refractivity contribution in [1.82, 2.24) is 9.80 Å². The summed E-state index contributed by atoms with van der Waals surface area (Å²) in [5.74, 6) is 0.604. The van der Waals surface area contributed by atoms with E-state index in [1.165, 1.54) is 5.56 Å². The third-order valence-corrected chi connectivity index (χ3v) is 7.79. The summed E-state index contributed by atoms with van der Waals surface area (Å²) in [5, 5.41) is 0.